The number of ether oxygens (including phenoxy) is 1. The number of hydrogen-bond donors (Lipinski definition) is 1. The van der Waals surface area contributed by atoms with Crippen molar-refractivity contribution in [3.05, 3.63) is 47.9 Å². The van der Waals surface area contributed by atoms with Crippen LogP contribution in [0.25, 0.3) is 0 Å². The fraction of sp³-hybridized carbons (Fsp3) is 0.500. The van der Waals surface area contributed by atoms with Gasteiger partial charge in [-0.05, 0) is 31.5 Å². The molecule has 0 bridgehead atoms. The van der Waals surface area contributed by atoms with Crippen molar-refractivity contribution in [3.63, 3.8) is 0 Å². The summed E-state index contributed by atoms with van der Waals surface area (Å²) in [5.74, 6) is 1.47. The van der Waals surface area contributed by atoms with E-state index in [9.17, 15) is 8.42 Å². The number of guanidine groups is 1. The van der Waals surface area contributed by atoms with E-state index >= 15 is 0 Å². The second-order valence-electron chi connectivity index (χ2n) is 6.88. The molecule has 11 heteroatoms. The number of rotatable bonds is 8. The molecule has 2 aromatic rings. The standard InChI is InChI=1S/C20H29N5O4S.HI/c1-3-21-20(22-15-17-6-5-7-19(14-17)28-4-2)24-9-11-25(12-10-24)30(26,27)16-18-8-13-29-23-18;/h5-8,13-14H,3-4,9-12,15-16H2,1-2H3,(H,21,22);1H. The third kappa shape index (κ3) is 7.35. The van der Waals surface area contributed by atoms with Crippen LogP contribution < -0.4 is 10.1 Å². The molecule has 1 aliphatic rings. The minimum atomic E-state index is -3.42. The van der Waals surface area contributed by atoms with Gasteiger partial charge in [-0.1, -0.05) is 17.3 Å². The van der Waals surface area contributed by atoms with Crippen molar-refractivity contribution in [2.75, 3.05) is 39.3 Å². The largest absolute Gasteiger partial charge is 0.494 e. The summed E-state index contributed by atoms with van der Waals surface area (Å²) in [6, 6.07) is 9.47. The number of nitrogens with zero attached hydrogens (tertiary/aromatic N) is 4. The molecule has 1 fully saturated rings. The van der Waals surface area contributed by atoms with Crippen LogP contribution in [0.3, 0.4) is 0 Å². The summed E-state index contributed by atoms with van der Waals surface area (Å²) in [6.07, 6.45) is 1.38. The van der Waals surface area contributed by atoms with Gasteiger partial charge >= 0.3 is 0 Å². The van der Waals surface area contributed by atoms with E-state index in [1.165, 1.54) is 10.6 Å². The molecule has 0 unspecified atom stereocenters. The van der Waals surface area contributed by atoms with E-state index in [0.717, 1.165) is 23.8 Å². The predicted octanol–water partition coefficient (Wildman–Crippen LogP) is 2.30. The van der Waals surface area contributed by atoms with Crippen LogP contribution in [0.15, 0.2) is 46.1 Å². The molecular formula is C20H30IN5O4S. The number of aromatic nitrogens is 1. The van der Waals surface area contributed by atoms with E-state index < -0.39 is 10.0 Å². The molecule has 1 aromatic carbocycles. The molecule has 0 amide bonds. The molecule has 31 heavy (non-hydrogen) atoms. The first-order valence-corrected chi connectivity index (χ1v) is 11.7. The molecular weight excluding hydrogens is 533 g/mol. The summed E-state index contributed by atoms with van der Waals surface area (Å²) in [5.41, 5.74) is 1.48. The van der Waals surface area contributed by atoms with Crippen LogP contribution >= 0.6 is 24.0 Å². The summed E-state index contributed by atoms with van der Waals surface area (Å²) in [6.45, 7) is 7.82. The Labute approximate surface area is 200 Å². The van der Waals surface area contributed by atoms with Crippen molar-refractivity contribution in [1.29, 1.82) is 0 Å². The maximum absolute atomic E-state index is 12.6. The number of halogens is 1. The highest BCUT2D eigenvalue weighted by molar-refractivity contribution is 14.0. The maximum atomic E-state index is 12.6. The Hall–Kier alpha value is -1.86. The van der Waals surface area contributed by atoms with Gasteiger partial charge in [0, 0.05) is 38.8 Å². The van der Waals surface area contributed by atoms with Gasteiger partial charge in [0.15, 0.2) is 5.96 Å². The van der Waals surface area contributed by atoms with Gasteiger partial charge in [-0.2, -0.15) is 4.31 Å². The smallest absolute Gasteiger partial charge is 0.220 e. The third-order valence-electron chi connectivity index (χ3n) is 4.71. The maximum Gasteiger partial charge on any atom is 0.220 e. The van der Waals surface area contributed by atoms with Gasteiger partial charge in [-0.25, -0.2) is 13.4 Å². The first-order valence-electron chi connectivity index (χ1n) is 10.1. The number of nitrogens with one attached hydrogen (secondary N) is 1. The summed E-state index contributed by atoms with van der Waals surface area (Å²) in [4.78, 5) is 6.84. The van der Waals surface area contributed by atoms with Gasteiger partial charge in [-0.15, -0.1) is 24.0 Å². The molecule has 3 rings (SSSR count). The highest BCUT2D eigenvalue weighted by atomic mass is 127. The zero-order valence-electron chi connectivity index (χ0n) is 17.9. The fourth-order valence-electron chi connectivity index (χ4n) is 3.26. The van der Waals surface area contributed by atoms with Gasteiger partial charge in [0.05, 0.1) is 18.8 Å². The Balaban J connectivity index is 0.00000341. The fourth-order valence-corrected chi connectivity index (χ4v) is 4.69. The Morgan fingerprint density at radius 2 is 2.00 bits per heavy atom. The SMILES string of the molecule is CCNC(=NCc1cccc(OCC)c1)N1CCN(S(=O)(=O)Cc2ccon2)CC1.I. The lowest BCUT2D eigenvalue weighted by Crippen LogP contribution is -2.53. The molecule has 2 heterocycles. The van der Waals surface area contributed by atoms with Gasteiger partial charge in [0.1, 0.15) is 17.8 Å². The van der Waals surface area contributed by atoms with Crippen LogP contribution in [0.2, 0.25) is 0 Å². The zero-order valence-corrected chi connectivity index (χ0v) is 21.0. The molecule has 1 aromatic heterocycles. The molecule has 0 radical (unpaired) electrons. The molecule has 1 aliphatic heterocycles. The van der Waals surface area contributed by atoms with Crippen molar-refractivity contribution in [2.45, 2.75) is 26.1 Å². The second kappa shape index (κ2) is 12.2. The van der Waals surface area contributed by atoms with Crippen LogP contribution in [0.5, 0.6) is 5.75 Å². The van der Waals surface area contributed by atoms with Crippen molar-refractivity contribution in [2.24, 2.45) is 4.99 Å². The minimum absolute atomic E-state index is 0. The Kier molecular flexibility index (Phi) is 10.0. The molecule has 0 saturated carbocycles. The van der Waals surface area contributed by atoms with Crippen LogP contribution in [-0.2, 0) is 22.3 Å². The second-order valence-corrected chi connectivity index (χ2v) is 8.85. The summed E-state index contributed by atoms with van der Waals surface area (Å²) >= 11 is 0. The predicted molar refractivity (Wildman–Crippen MR) is 130 cm³/mol. The van der Waals surface area contributed by atoms with E-state index in [2.05, 4.69) is 15.4 Å². The normalized spacial score (nSPS) is 15.4. The van der Waals surface area contributed by atoms with Crippen molar-refractivity contribution < 1.29 is 17.7 Å². The molecule has 9 nitrogen and oxygen atoms in total. The molecule has 0 aliphatic carbocycles. The molecule has 172 valence electrons. The zero-order chi connectivity index (χ0) is 21.4. The third-order valence-corrected chi connectivity index (χ3v) is 6.52. The molecule has 1 N–H and O–H groups in total. The lowest BCUT2D eigenvalue weighted by atomic mass is 10.2. The lowest BCUT2D eigenvalue weighted by Gasteiger charge is -2.35. The summed E-state index contributed by atoms with van der Waals surface area (Å²) < 4.78 is 37.0. The highest BCUT2D eigenvalue weighted by Gasteiger charge is 2.29. The Morgan fingerprint density at radius 1 is 1.23 bits per heavy atom. The first kappa shape index (κ1) is 25.4. The quantitative estimate of drug-likeness (QED) is 0.299. The lowest BCUT2D eigenvalue weighted by molar-refractivity contribution is 0.259. The number of hydrogen-bond acceptors (Lipinski definition) is 6. The van der Waals surface area contributed by atoms with Crippen molar-refractivity contribution in [3.8, 4) is 5.75 Å². The van der Waals surface area contributed by atoms with Gasteiger partial charge in [-0.3, -0.25) is 0 Å². The average Bonchev–Trinajstić information content (AvgIpc) is 3.24. The number of sulfonamides is 1. The molecule has 0 spiro atoms. The Morgan fingerprint density at radius 3 is 2.65 bits per heavy atom. The van der Waals surface area contributed by atoms with E-state index in [0.29, 0.717) is 45.0 Å². The summed E-state index contributed by atoms with van der Waals surface area (Å²) in [5, 5.41) is 7.01. The Bertz CT molecular complexity index is 929. The number of benzene rings is 1. The van der Waals surface area contributed by atoms with E-state index in [-0.39, 0.29) is 29.7 Å². The van der Waals surface area contributed by atoms with Crippen molar-refractivity contribution >= 4 is 40.0 Å². The van der Waals surface area contributed by atoms with E-state index in [1.54, 1.807) is 6.07 Å². The van der Waals surface area contributed by atoms with Crippen LogP contribution in [0.4, 0.5) is 0 Å². The minimum Gasteiger partial charge on any atom is -0.494 e. The van der Waals surface area contributed by atoms with Crippen LogP contribution in [-0.4, -0.2) is 68.1 Å². The van der Waals surface area contributed by atoms with E-state index in [1.807, 2.05) is 38.1 Å². The summed E-state index contributed by atoms with van der Waals surface area (Å²) in [7, 11) is -3.42. The van der Waals surface area contributed by atoms with Crippen molar-refractivity contribution in [1.82, 2.24) is 19.7 Å². The monoisotopic (exact) mass is 563 g/mol. The average molecular weight is 563 g/mol. The number of aliphatic imine (C=N–C) groups is 1. The first-order chi connectivity index (χ1) is 14.5. The van der Waals surface area contributed by atoms with E-state index in [4.69, 9.17) is 14.3 Å². The van der Waals surface area contributed by atoms with Crippen LogP contribution in [0, 0.1) is 0 Å². The number of piperazine rings is 1. The van der Waals surface area contributed by atoms with Crippen LogP contribution in [0.1, 0.15) is 25.1 Å². The topological polar surface area (TPSA) is 100 Å². The highest BCUT2D eigenvalue weighted by Crippen LogP contribution is 2.15. The van der Waals surface area contributed by atoms with Gasteiger partial charge in [0.2, 0.25) is 10.0 Å². The molecule has 0 atom stereocenters. The van der Waals surface area contributed by atoms with Gasteiger partial charge < -0.3 is 19.5 Å². The van der Waals surface area contributed by atoms with Gasteiger partial charge in [0.25, 0.3) is 0 Å². The molecule has 1 saturated heterocycles.